The number of aliphatic hydroxyl groups excluding tert-OH is 1. The molecule has 0 fully saturated rings. The maximum Gasteiger partial charge on any atom is 0.162 e. The molecule has 2 heterocycles. The summed E-state index contributed by atoms with van der Waals surface area (Å²) in [5, 5.41) is 17.3. The second-order valence-electron chi connectivity index (χ2n) is 16.5. The van der Waals surface area contributed by atoms with Gasteiger partial charge in [0.2, 0.25) is 0 Å². The van der Waals surface area contributed by atoms with Crippen LogP contribution in [0.4, 0.5) is 0 Å². The smallest absolute Gasteiger partial charge is 0.162 e. The number of furan rings is 1. The molecule has 0 unspecified atom stereocenters. The molecule has 269 valence electrons. The van der Waals surface area contributed by atoms with Crippen molar-refractivity contribution < 1.29 is 34.4 Å². The van der Waals surface area contributed by atoms with Crippen molar-refractivity contribution in [1.82, 2.24) is 4.98 Å². The third-order valence-corrected chi connectivity index (χ3v) is 14.7. The van der Waals surface area contributed by atoms with Crippen molar-refractivity contribution in [2.24, 2.45) is 11.8 Å². The largest absolute Gasteiger partial charge is 0.512 e. The molecule has 4 nitrogen and oxygen atoms in total. The minimum absolute atomic E-state index is 0. The predicted octanol–water partition coefficient (Wildman–Crippen LogP) is 11.2. The van der Waals surface area contributed by atoms with E-state index in [4.69, 9.17) is 9.40 Å². The number of hydrogen-bond donors (Lipinski definition) is 1. The summed E-state index contributed by atoms with van der Waals surface area (Å²) in [5.41, 5.74) is 6.70. The number of aromatic nitrogens is 1. The number of rotatable bonds is 9. The van der Waals surface area contributed by atoms with E-state index in [9.17, 15) is 9.90 Å². The monoisotopic (exact) mass is 883 g/mol. The van der Waals surface area contributed by atoms with Gasteiger partial charge in [-0.25, -0.2) is 0 Å². The average Bonchev–Trinajstić information content (AvgIpc) is 3.40. The SMILES string of the molecule is CC1(C)c2cc3ccccc3[c-]c2-c2ncc([Si](C)(C)C)c3oc4c([Si](C)(C)C)ccc1c4c23.CCC(CC)C(=O)/C=C(\O)C(CC)CC.[Ir]. The second kappa shape index (κ2) is 15.0. The Morgan fingerprint density at radius 3 is 2.00 bits per heavy atom. The Morgan fingerprint density at radius 1 is 0.840 bits per heavy atom. The molecule has 0 atom stereocenters. The molecule has 0 spiro atoms. The van der Waals surface area contributed by atoms with Gasteiger partial charge in [-0.05, 0) is 47.0 Å². The zero-order valence-electron chi connectivity index (χ0n) is 32.2. The summed E-state index contributed by atoms with van der Waals surface area (Å²) < 4.78 is 6.94. The maximum atomic E-state index is 11.7. The fourth-order valence-corrected chi connectivity index (χ4v) is 10.2. The number of carbonyl (C=O) groups is 1. The molecular formula is C43H56IrNO3Si2-. The first-order valence-corrected chi connectivity index (χ1v) is 25.3. The molecule has 0 aliphatic heterocycles. The number of nitrogens with zero attached hydrogens (tertiary/aromatic N) is 1. The molecule has 0 saturated heterocycles. The summed E-state index contributed by atoms with van der Waals surface area (Å²) in [6.07, 6.45) is 7.01. The van der Waals surface area contributed by atoms with Gasteiger partial charge in [0.15, 0.2) is 5.78 Å². The Balaban J connectivity index is 0.000000301. The van der Waals surface area contributed by atoms with Crippen molar-refractivity contribution in [1.29, 1.82) is 0 Å². The van der Waals surface area contributed by atoms with E-state index in [-0.39, 0.29) is 48.9 Å². The molecule has 1 N–H and O–H groups in total. The molecule has 0 saturated carbocycles. The van der Waals surface area contributed by atoms with Crippen molar-refractivity contribution in [3.8, 4) is 11.3 Å². The van der Waals surface area contributed by atoms with Gasteiger partial charge >= 0.3 is 0 Å². The number of hydrogen-bond acceptors (Lipinski definition) is 4. The third-order valence-electron chi connectivity index (χ3n) is 10.7. The first-order valence-electron chi connectivity index (χ1n) is 18.3. The van der Waals surface area contributed by atoms with Gasteiger partial charge < -0.3 is 9.52 Å². The quantitative estimate of drug-likeness (QED) is 0.0693. The molecule has 2 aromatic heterocycles. The van der Waals surface area contributed by atoms with Gasteiger partial charge in [0, 0.05) is 60.7 Å². The van der Waals surface area contributed by atoms with Crippen LogP contribution in [-0.4, -0.2) is 32.0 Å². The normalized spacial score (nSPS) is 14.2. The van der Waals surface area contributed by atoms with E-state index in [0.29, 0.717) is 0 Å². The standard InChI is InChI=1S/C30H32NOSi2.C13H24O2.Ir/c1-30(2)21-13-14-23(33(3,4)5)28-25(21)26-27(31-17-24(29(26)32-28)34(6,7)8)20-15-18-11-9-10-12-19(18)16-22(20)30;1-5-10(6-2)12(14)9-13(15)11(7-3)8-4;/h9-14,16-17H,1-8H3;9-11,14H,5-8H2,1-4H3;/q-1;;/b;12-9-;. The van der Waals surface area contributed by atoms with Crippen LogP contribution in [0.25, 0.3) is 44.0 Å². The molecule has 1 radical (unpaired) electrons. The van der Waals surface area contributed by atoms with Crippen LogP contribution in [0.3, 0.4) is 0 Å². The minimum Gasteiger partial charge on any atom is -0.512 e. The molecule has 1 aliphatic carbocycles. The van der Waals surface area contributed by atoms with E-state index in [2.05, 4.69) is 108 Å². The first kappa shape index (κ1) is 39.9. The molecule has 7 heteroatoms. The van der Waals surface area contributed by atoms with Gasteiger partial charge in [0.05, 0.1) is 21.9 Å². The van der Waals surface area contributed by atoms with E-state index >= 15 is 0 Å². The number of fused-ring (bicyclic) bond motifs is 3. The molecular weight excluding hydrogens is 827 g/mol. The number of benzene rings is 3. The number of allylic oxidation sites excluding steroid dienone is 2. The Hall–Kier alpha value is -2.84. The molecule has 5 aromatic rings. The van der Waals surface area contributed by atoms with E-state index in [1.807, 2.05) is 27.7 Å². The van der Waals surface area contributed by atoms with Gasteiger partial charge in [-0.15, -0.1) is 23.6 Å². The fourth-order valence-electron chi connectivity index (χ4n) is 7.48. The molecule has 6 rings (SSSR count). The van der Waals surface area contributed by atoms with Crippen molar-refractivity contribution >= 4 is 65.0 Å². The van der Waals surface area contributed by atoms with Crippen molar-refractivity contribution in [3.05, 3.63) is 77.7 Å². The predicted molar refractivity (Wildman–Crippen MR) is 215 cm³/mol. The van der Waals surface area contributed by atoms with Crippen molar-refractivity contribution in [2.45, 2.75) is 112 Å². The fraction of sp³-hybridized carbons (Fsp3) is 0.442. The van der Waals surface area contributed by atoms with Gasteiger partial charge in [-0.2, -0.15) is 0 Å². The topological polar surface area (TPSA) is 63.3 Å². The van der Waals surface area contributed by atoms with Crippen LogP contribution in [0.5, 0.6) is 0 Å². The van der Waals surface area contributed by atoms with E-state index in [1.165, 1.54) is 43.7 Å². The van der Waals surface area contributed by atoms with Gasteiger partial charge in [-0.3, -0.25) is 9.78 Å². The van der Waals surface area contributed by atoms with Crippen molar-refractivity contribution in [3.63, 3.8) is 0 Å². The summed E-state index contributed by atoms with van der Waals surface area (Å²) in [5.74, 6) is 0.547. The van der Waals surface area contributed by atoms with Crippen LogP contribution >= 0.6 is 0 Å². The summed E-state index contributed by atoms with van der Waals surface area (Å²) in [4.78, 5) is 16.9. The number of aliphatic hydroxyl groups is 1. The Bertz CT molecular complexity index is 2050. The van der Waals surface area contributed by atoms with Crippen LogP contribution in [0.15, 0.2) is 64.9 Å². The molecule has 0 bridgehead atoms. The van der Waals surface area contributed by atoms with Crippen LogP contribution in [-0.2, 0) is 30.3 Å². The molecule has 50 heavy (non-hydrogen) atoms. The van der Waals surface area contributed by atoms with Gasteiger partial charge in [0.1, 0.15) is 11.2 Å². The third kappa shape index (κ3) is 7.26. The number of ketones is 1. The Labute approximate surface area is 315 Å². The summed E-state index contributed by atoms with van der Waals surface area (Å²) in [6.45, 7) is 27.1. The second-order valence-corrected chi connectivity index (χ2v) is 26.5. The van der Waals surface area contributed by atoms with E-state index in [1.54, 1.807) is 0 Å². The van der Waals surface area contributed by atoms with Crippen LogP contribution in [0.1, 0.15) is 78.4 Å². The van der Waals surface area contributed by atoms with Crippen molar-refractivity contribution in [2.75, 3.05) is 0 Å². The Morgan fingerprint density at radius 2 is 1.42 bits per heavy atom. The zero-order valence-corrected chi connectivity index (χ0v) is 36.6. The van der Waals surface area contributed by atoms with Gasteiger partial charge in [-0.1, -0.05) is 128 Å². The van der Waals surface area contributed by atoms with Gasteiger partial charge in [0.25, 0.3) is 0 Å². The zero-order chi connectivity index (χ0) is 36.1. The molecule has 3 aromatic carbocycles. The maximum absolute atomic E-state index is 11.7. The Kier molecular flexibility index (Phi) is 12.0. The summed E-state index contributed by atoms with van der Waals surface area (Å²) in [6, 6.07) is 19.4. The minimum atomic E-state index is -1.68. The average molecular weight is 883 g/mol. The number of carbonyl (C=O) groups excluding carboxylic acids is 1. The van der Waals surface area contributed by atoms with Crippen LogP contribution in [0, 0.1) is 17.9 Å². The van der Waals surface area contributed by atoms with E-state index in [0.717, 1.165) is 53.5 Å². The molecule has 0 amide bonds. The van der Waals surface area contributed by atoms with Crippen LogP contribution in [0.2, 0.25) is 39.3 Å². The summed E-state index contributed by atoms with van der Waals surface area (Å²) in [7, 11) is -3.32. The van der Waals surface area contributed by atoms with E-state index < -0.39 is 16.1 Å². The van der Waals surface area contributed by atoms with Crippen LogP contribution < -0.4 is 10.4 Å². The molecule has 1 aliphatic rings. The number of pyridine rings is 1. The summed E-state index contributed by atoms with van der Waals surface area (Å²) >= 11 is 0. The first-order chi connectivity index (χ1) is 23.0.